The van der Waals surface area contributed by atoms with E-state index in [2.05, 4.69) is 36.0 Å². The summed E-state index contributed by atoms with van der Waals surface area (Å²) in [6.45, 7) is 6.49. The molecule has 0 atom stereocenters. The van der Waals surface area contributed by atoms with Crippen molar-refractivity contribution in [1.29, 1.82) is 0 Å². The second-order valence-electron chi connectivity index (χ2n) is 4.79. The number of halogens is 1. The van der Waals surface area contributed by atoms with Crippen molar-refractivity contribution >= 4 is 17.2 Å². The monoisotopic (exact) mass is 224 g/mol. The van der Waals surface area contributed by atoms with E-state index >= 15 is 0 Å². The zero-order chi connectivity index (χ0) is 11.1. The van der Waals surface area contributed by atoms with Crippen molar-refractivity contribution in [3.63, 3.8) is 0 Å². The first-order chi connectivity index (χ1) is 6.96. The van der Waals surface area contributed by atoms with Crippen LogP contribution >= 0.6 is 11.6 Å². The van der Waals surface area contributed by atoms with Crippen LogP contribution in [0.3, 0.4) is 0 Å². The van der Waals surface area contributed by atoms with E-state index in [4.69, 9.17) is 11.6 Å². The summed E-state index contributed by atoms with van der Waals surface area (Å²) in [5.41, 5.74) is 0.928. The predicted octanol–water partition coefficient (Wildman–Crippen LogP) is 2.37. The van der Waals surface area contributed by atoms with Crippen molar-refractivity contribution in [2.24, 2.45) is 5.41 Å². The predicted molar refractivity (Wildman–Crippen MR) is 59.0 cm³/mol. The summed E-state index contributed by atoms with van der Waals surface area (Å²) in [6, 6.07) is 1.71. The lowest BCUT2D eigenvalue weighted by molar-refractivity contribution is 0.399. The summed E-state index contributed by atoms with van der Waals surface area (Å²) >= 11 is 5.77. The number of nitrogens with zero attached hydrogens (tertiary/aromatic N) is 4. The zero-order valence-electron chi connectivity index (χ0n) is 9.03. The zero-order valence-corrected chi connectivity index (χ0v) is 9.78. The molecule has 0 aliphatic heterocycles. The highest BCUT2D eigenvalue weighted by atomic mass is 35.5. The number of rotatable bonds is 1. The SMILES string of the molecule is CC(C)(C)Cc1nnc2cc(Cl)ncn12. The largest absolute Gasteiger partial charge is 0.269 e. The first-order valence-corrected chi connectivity index (χ1v) is 5.19. The van der Waals surface area contributed by atoms with Gasteiger partial charge in [0.15, 0.2) is 5.65 Å². The molecule has 4 nitrogen and oxygen atoms in total. The Morgan fingerprint density at radius 3 is 2.73 bits per heavy atom. The van der Waals surface area contributed by atoms with Gasteiger partial charge in [-0.1, -0.05) is 32.4 Å². The van der Waals surface area contributed by atoms with Crippen LogP contribution in [0.5, 0.6) is 0 Å². The average Bonchev–Trinajstić information content (AvgIpc) is 2.45. The van der Waals surface area contributed by atoms with Gasteiger partial charge in [0.25, 0.3) is 0 Å². The molecular formula is C10H13ClN4. The van der Waals surface area contributed by atoms with Crippen molar-refractivity contribution in [1.82, 2.24) is 19.6 Å². The van der Waals surface area contributed by atoms with Crippen molar-refractivity contribution in [2.75, 3.05) is 0 Å². The Morgan fingerprint density at radius 2 is 2.07 bits per heavy atom. The molecule has 80 valence electrons. The average molecular weight is 225 g/mol. The highest BCUT2D eigenvalue weighted by Gasteiger charge is 2.16. The molecule has 2 aromatic heterocycles. The maximum absolute atomic E-state index is 5.77. The van der Waals surface area contributed by atoms with Gasteiger partial charge in [0.2, 0.25) is 0 Å². The van der Waals surface area contributed by atoms with Crippen molar-refractivity contribution in [3.05, 3.63) is 23.4 Å². The van der Waals surface area contributed by atoms with Crippen LogP contribution in [0, 0.1) is 5.41 Å². The minimum Gasteiger partial charge on any atom is -0.269 e. The van der Waals surface area contributed by atoms with Crippen LogP contribution in [0.15, 0.2) is 12.4 Å². The number of fused-ring (bicyclic) bond motifs is 1. The number of hydrogen-bond donors (Lipinski definition) is 0. The number of aromatic nitrogens is 4. The molecule has 0 saturated heterocycles. The Morgan fingerprint density at radius 1 is 1.33 bits per heavy atom. The fourth-order valence-electron chi connectivity index (χ4n) is 1.41. The van der Waals surface area contributed by atoms with Gasteiger partial charge in [-0.3, -0.25) is 4.40 Å². The molecule has 2 rings (SSSR count). The molecule has 0 N–H and O–H groups in total. The smallest absolute Gasteiger partial charge is 0.165 e. The van der Waals surface area contributed by atoms with E-state index in [0.29, 0.717) is 5.15 Å². The molecule has 0 aromatic carbocycles. The van der Waals surface area contributed by atoms with Crippen LogP contribution in [-0.4, -0.2) is 19.6 Å². The summed E-state index contributed by atoms with van der Waals surface area (Å²) in [4.78, 5) is 4.02. The van der Waals surface area contributed by atoms with E-state index in [-0.39, 0.29) is 5.41 Å². The Labute approximate surface area is 93.3 Å². The van der Waals surface area contributed by atoms with E-state index < -0.39 is 0 Å². The molecule has 0 aliphatic carbocycles. The Kier molecular flexibility index (Phi) is 2.38. The van der Waals surface area contributed by atoms with Gasteiger partial charge in [-0.15, -0.1) is 10.2 Å². The Hall–Kier alpha value is -1.16. The Balaban J connectivity index is 2.45. The van der Waals surface area contributed by atoms with Crippen molar-refractivity contribution in [2.45, 2.75) is 27.2 Å². The molecule has 0 fully saturated rings. The molecule has 0 aliphatic rings. The summed E-state index contributed by atoms with van der Waals surface area (Å²) < 4.78 is 1.87. The van der Waals surface area contributed by atoms with Gasteiger partial charge in [0.05, 0.1) is 0 Å². The summed E-state index contributed by atoms with van der Waals surface area (Å²) in [5.74, 6) is 0.918. The highest BCUT2D eigenvalue weighted by Crippen LogP contribution is 2.20. The molecule has 5 heteroatoms. The lowest BCUT2D eigenvalue weighted by Crippen LogP contribution is -2.12. The first-order valence-electron chi connectivity index (χ1n) is 4.81. The molecule has 0 amide bonds. The molecule has 0 unspecified atom stereocenters. The van der Waals surface area contributed by atoms with Crippen LogP contribution in [0.2, 0.25) is 5.15 Å². The maximum Gasteiger partial charge on any atom is 0.165 e. The maximum atomic E-state index is 5.77. The first kappa shape index (κ1) is 10.4. The van der Waals surface area contributed by atoms with Gasteiger partial charge in [-0.25, -0.2) is 4.98 Å². The van der Waals surface area contributed by atoms with Crippen LogP contribution in [0.25, 0.3) is 5.65 Å². The minimum atomic E-state index is 0.183. The van der Waals surface area contributed by atoms with Crippen LogP contribution < -0.4 is 0 Å². The fourth-order valence-corrected chi connectivity index (χ4v) is 1.55. The molecule has 0 spiro atoms. The van der Waals surface area contributed by atoms with Crippen LogP contribution in [-0.2, 0) is 6.42 Å². The van der Waals surface area contributed by atoms with E-state index in [0.717, 1.165) is 17.9 Å². The minimum absolute atomic E-state index is 0.183. The molecule has 2 aromatic rings. The second-order valence-corrected chi connectivity index (χ2v) is 5.18. The second kappa shape index (κ2) is 3.45. The lowest BCUT2D eigenvalue weighted by Gasteiger charge is -2.15. The molecule has 0 bridgehead atoms. The summed E-state index contributed by atoms with van der Waals surface area (Å²) in [6.07, 6.45) is 2.52. The molecule has 2 heterocycles. The van der Waals surface area contributed by atoms with E-state index in [1.54, 1.807) is 12.4 Å². The lowest BCUT2D eigenvalue weighted by atomic mass is 9.92. The standard InChI is InChI=1S/C10H13ClN4/c1-10(2,3)5-9-14-13-8-4-7(11)12-6-15(8)9/h4,6H,5H2,1-3H3. The summed E-state index contributed by atoms with van der Waals surface area (Å²) in [5, 5.41) is 8.63. The third-order valence-corrected chi connectivity index (χ3v) is 2.23. The van der Waals surface area contributed by atoms with Crippen molar-refractivity contribution < 1.29 is 0 Å². The van der Waals surface area contributed by atoms with Crippen LogP contribution in [0.4, 0.5) is 0 Å². The number of hydrogen-bond acceptors (Lipinski definition) is 3. The molecule has 15 heavy (non-hydrogen) atoms. The fraction of sp³-hybridized carbons (Fsp3) is 0.500. The van der Waals surface area contributed by atoms with Gasteiger partial charge in [-0.2, -0.15) is 0 Å². The van der Waals surface area contributed by atoms with Gasteiger partial charge in [0, 0.05) is 12.5 Å². The molecule has 0 radical (unpaired) electrons. The van der Waals surface area contributed by atoms with Gasteiger partial charge in [-0.05, 0) is 5.41 Å². The third kappa shape index (κ3) is 2.26. The third-order valence-electron chi connectivity index (χ3n) is 2.03. The van der Waals surface area contributed by atoms with Crippen LogP contribution in [0.1, 0.15) is 26.6 Å². The van der Waals surface area contributed by atoms with Gasteiger partial charge in [0.1, 0.15) is 17.3 Å². The normalized spacial score (nSPS) is 12.3. The van der Waals surface area contributed by atoms with E-state index in [1.807, 2.05) is 4.40 Å². The molecular weight excluding hydrogens is 212 g/mol. The Bertz CT molecular complexity index is 484. The summed E-state index contributed by atoms with van der Waals surface area (Å²) in [7, 11) is 0. The highest BCUT2D eigenvalue weighted by molar-refractivity contribution is 6.29. The van der Waals surface area contributed by atoms with E-state index in [9.17, 15) is 0 Å². The molecule has 0 saturated carbocycles. The topological polar surface area (TPSA) is 43.1 Å². The quantitative estimate of drug-likeness (QED) is 0.699. The van der Waals surface area contributed by atoms with E-state index in [1.165, 1.54) is 0 Å². The van der Waals surface area contributed by atoms with Gasteiger partial charge < -0.3 is 0 Å². The van der Waals surface area contributed by atoms with Crippen molar-refractivity contribution in [3.8, 4) is 0 Å². The van der Waals surface area contributed by atoms with Gasteiger partial charge >= 0.3 is 0 Å².